The van der Waals surface area contributed by atoms with E-state index in [0.29, 0.717) is 6.04 Å². The zero-order chi connectivity index (χ0) is 8.27. The van der Waals surface area contributed by atoms with Crippen LogP contribution >= 0.6 is 0 Å². The summed E-state index contributed by atoms with van der Waals surface area (Å²) in [7, 11) is 2.07. The van der Waals surface area contributed by atoms with E-state index < -0.39 is 0 Å². The Hall–Kier alpha value is -0.830. The van der Waals surface area contributed by atoms with Crippen molar-refractivity contribution in [3.63, 3.8) is 0 Å². The lowest BCUT2D eigenvalue weighted by Gasteiger charge is -2.18. The van der Waals surface area contributed by atoms with Crippen molar-refractivity contribution in [2.75, 3.05) is 7.05 Å². The highest BCUT2D eigenvalue weighted by Gasteiger charge is 2.04. The Labute approximate surface area is 67.0 Å². The SMILES string of the molecule is CC(C)N(C)Cc1cocn1. The molecule has 0 saturated carbocycles. The molecule has 11 heavy (non-hydrogen) atoms. The maximum absolute atomic E-state index is 4.86. The molecule has 0 aliphatic carbocycles. The highest BCUT2D eigenvalue weighted by atomic mass is 16.3. The first-order valence-corrected chi connectivity index (χ1v) is 3.77. The topological polar surface area (TPSA) is 29.3 Å². The second-order valence-corrected chi connectivity index (χ2v) is 2.99. The smallest absolute Gasteiger partial charge is 0.180 e. The van der Waals surface area contributed by atoms with Gasteiger partial charge in [0.15, 0.2) is 6.39 Å². The molecule has 0 radical (unpaired) electrons. The highest BCUT2D eigenvalue weighted by Crippen LogP contribution is 2.02. The molecule has 0 aliphatic rings. The molecule has 1 aromatic rings. The molecule has 0 aliphatic heterocycles. The van der Waals surface area contributed by atoms with Crippen LogP contribution in [0, 0.1) is 0 Å². The fourth-order valence-electron chi connectivity index (χ4n) is 0.754. The van der Waals surface area contributed by atoms with Gasteiger partial charge in [-0.1, -0.05) is 0 Å². The third kappa shape index (κ3) is 2.35. The Morgan fingerprint density at radius 1 is 1.64 bits per heavy atom. The van der Waals surface area contributed by atoms with Crippen molar-refractivity contribution >= 4 is 0 Å². The van der Waals surface area contributed by atoms with Crippen molar-refractivity contribution in [2.24, 2.45) is 0 Å². The van der Waals surface area contributed by atoms with E-state index in [1.54, 1.807) is 6.26 Å². The lowest BCUT2D eigenvalue weighted by molar-refractivity contribution is 0.262. The molecule has 62 valence electrons. The molecule has 0 saturated heterocycles. The molecule has 0 unspecified atom stereocenters. The van der Waals surface area contributed by atoms with Gasteiger partial charge < -0.3 is 4.42 Å². The standard InChI is InChI=1S/C8H14N2O/c1-7(2)10(3)4-8-5-11-6-9-8/h5-7H,4H2,1-3H3. The van der Waals surface area contributed by atoms with Crippen LogP contribution < -0.4 is 0 Å². The van der Waals surface area contributed by atoms with Crippen molar-refractivity contribution in [2.45, 2.75) is 26.4 Å². The van der Waals surface area contributed by atoms with E-state index in [2.05, 4.69) is 30.8 Å². The van der Waals surface area contributed by atoms with E-state index in [4.69, 9.17) is 4.42 Å². The summed E-state index contributed by atoms with van der Waals surface area (Å²) in [5, 5.41) is 0. The highest BCUT2D eigenvalue weighted by molar-refractivity contribution is 4.90. The molecular weight excluding hydrogens is 140 g/mol. The van der Waals surface area contributed by atoms with Crippen LogP contribution in [0.2, 0.25) is 0 Å². The quantitative estimate of drug-likeness (QED) is 0.661. The van der Waals surface area contributed by atoms with E-state index in [9.17, 15) is 0 Å². The summed E-state index contributed by atoms with van der Waals surface area (Å²) in [5.74, 6) is 0. The van der Waals surface area contributed by atoms with Gasteiger partial charge in [-0.15, -0.1) is 0 Å². The van der Waals surface area contributed by atoms with Crippen molar-refractivity contribution in [1.29, 1.82) is 0 Å². The van der Waals surface area contributed by atoms with Gasteiger partial charge in [0.2, 0.25) is 0 Å². The molecule has 3 heteroatoms. The molecule has 0 spiro atoms. The zero-order valence-electron chi connectivity index (χ0n) is 7.24. The van der Waals surface area contributed by atoms with Crippen molar-refractivity contribution in [3.8, 4) is 0 Å². The maximum Gasteiger partial charge on any atom is 0.180 e. The lowest BCUT2D eigenvalue weighted by atomic mass is 10.3. The molecule has 0 atom stereocenters. The van der Waals surface area contributed by atoms with Gasteiger partial charge in [0.25, 0.3) is 0 Å². The molecule has 1 aromatic heterocycles. The summed E-state index contributed by atoms with van der Waals surface area (Å²) >= 11 is 0. The Morgan fingerprint density at radius 2 is 2.36 bits per heavy atom. The third-order valence-corrected chi connectivity index (χ3v) is 1.78. The summed E-state index contributed by atoms with van der Waals surface area (Å²) in [6.45, 7) is 5.16. The van der Waals surface area contributed by atoms with Gasteiger partial charge in [-0.3, -0.25) is 4.90 Å². The van der Waals surface area contributed by atoms with Gasteiger partial charge in [-0.2, -0.15) is 0 Å². The van der Waals surface area contributed by atoms with Gasteiger partial charge in [-0.05, 0) is 20.9 Å². The fraction of sp³-hybridized carbons (Fsp3) is 0.625. The Bertz CT molecular complexity index is 194. The average Bonchev–Trinajstić information content (AvgIpc) is 2.39. The minimum Gasteiger partial charge on any atom is -0.451 e. The third-order valence-electron chi connectivity index (χ3n) is 1.78. The van der Waals surface area contributed by atoms with Crippen LogP contribution in [0.3, 0.4) is 0 Å². The van der Waals surface area contributed by atoms with Crippen molar-refractivity contribution in [1.82, 2.24) is 9.88 Å². The molecule has 0 aromatic carbocycles. The van der Waals surface area contributed by atoms with E-state index in [1.165, 1.54) is 6.39 Å². The summed E-state index contributed by atoms with van der Waals surface area (Å²) in [5.41, 5.74) is 0.987. The molecule has 0 bridgehead atoms. The first-order valence-electron chi connectivity index (χ1n) is 3.77. The van der Waals surface area contributed by atoms with Gasteiger partial charge in [-0.25, -0.2) is 4.98 Å². The second kappa shape index (κ2) is 3.53. The predicted octanol–water partition coefficient (Wildman–Crippen LogP) is 1.51. The number of rotatable bonds is 3. The summed E-state index contributed by atoms with van der Waals surface area (Å²) in [4.78, 5) is 6.24. The van der Waals surface area contributed by atoms with Crippen LogP contribution in [-0.2, 0) is 6.54 Å². The molecule has 1 heterocycles. The number of nitrogens with zero attached hydrogens (tertiary/aromatic N) is 2. The second-order valence-electron chi connectivity index (χ2n) is 2.99. The molecule has 0 fully saturated rings. The van der Waals surface area contributed by atoms with E-state index in [0.717, 1.165) is 12.2 Å². The lowest BCUT2D eigenvalue weighted by Crippen LogP contribution is -2.25. The molecule has 0 N–H and O–H groups in total. The summed E-state index contributed by atoms with van der Waals surface area (Å²) < 4.78 is 4.86. The average molecular weight is 154 g/mol. The Morgan fingerprint density at radius 3 is 2.82 bits per heavy atom. The molecule has 0 amide bonds. The minimum absolute atomic E-state index is 0.548. The van der Waals surface area contributed by atoms with Gasteiger partial charge >= 0.3 is 0 Å². The Balaban J connectivity index is 2.43. The number of hydrogen-bond donors (Lipinski definition) is 0. The van der Waals surface area contributed by atoms with E-state index >= 15 is 0 Å². The predicted molar refractivity (Wildman–Crippen MR) is 43.1 cm³/mol. The van der Waals surface area contributed by atoms with Gasteiger partial charge in [0.05, 0.1) is 5.69 Å². The zero-order valence-corrected chi connectivity index (χ0v) is 7.24. The summed E-state index contributed by atoms with van der Waals surface area (Å²) in [6, 6.07) is 0.548. The number of oxazole rings is 1. The number of aromatic nitrogens is 1. The van der Waals surface area contributed by atoms with Crippen molar-refractivity contribution < 1.29 is 4.42 Å². The Kier molecular flexibility index (Phi) is 2.65. The summed E-state index contributed by atoms with van der Waals surface area (Å²) in [6.07, 6.45) is 3.14. The van der Waals surface area contributed by atoms with Gasteiger partial charge in [0, 0.05) is 12.6 Å². The van der Waals surface area contributed by atoms with E-state index in [-0.39, 0.29) is 0 Å². The maximum atomic E-state index is 4.86. The van der Waals surface area contributed by atoms with Crippen LogP contribution in [0.1, 0.15) is 19.5 Å². The van der Waals surface area contributed by atoms with Gasteiger partial charge in [0.1, 0.15) is 6.26 Å². The van der Waals surface area contributed by atoms with Crippen LogP contribution in [0.4, 0.5) is 0 Å². The van der Waals surface area contributed by atoms with Crippen LogP contribution in [0.5, 0.6) is 0 Å². The molecule has 3 nitrogen and oxygen atoms in total. The molecule has 1 rings (SSSR count). The van der Waals surface area contributed by atoms with Crippen molar-refractivity contribution in [3.05, 3.63) is 18.4 Å². The molecular formula is C8H14N2O. The largest absolute Gasteiger partial charge is 0.451 e. The fourth-order valence-corrected chi connectivity index (χ4v) is 0.754. The minimum atomic E-state index is 0.548. The van der Waals surface area contributed by atoms with Crippen LogP contribution in [0.15, 0.2) is 17.1 Å². The first kappa shape index (κ1) is 8.27. The first-order chi connectivity index (χ1) is 5.20. The van der Waals surface area contributed by atoms with Crippen LogP contribution in [0.25, 0.3) is 0 Å². The number of hydrogen-bond acceptors (Lipinski definition) is 3. The normalized spacial score (nSPS) is 11.4. The van der Waals surface area contributed by atoms with E-state index in [1.807, 2.05) is 0 Å². The van der Waals surface area contributed by atoms with Crippen LogP contribution in [-0.4, -0.2) is 23.0 Å². The monoisotopic (exact) mass is 154 g/mol.